The first-order valence-corrected chi connectivity index (χ1v) is 14.0. The largest absolute Gasteiger partial charge is 0.444 e. The fourth-order valence-corrected chi connectivity index (χ4v) is 5.62. The molecule has 218 valence electrons. The summed E-state index contributed by atoms with van der Waals surface area (Å²) < 4.78 is 55.9. The molecule has 12 heteroatoms. The molecule has 1 aliphatic heterocycles. The molecule has 0 radical (unpaired) electrons. The Hall–Kier alpha value is -2.99. The highest BCUT2D eigenvalue weighted by atomic mass is 32.1. The number of amides is 1. The van der Waals surface area contributed by atoms with Crippen LogP contribution in [0.3, 0.4) is 0 Å². The molecule has 0 spiro atoms. The molecule has 1 amide bonds. The summed E-state index contributed by atoms with van der Waals surface area (Å²) in [5.41, 5.74) is -2.82. The van der Waals surface area contributed by atoms with E-state index in [2.05, 4.69) is 29.1 Å². The van der Waals surface area contributed by atoms with E-state index in [-0.39, 0.29) is 17.7 Å². The number of hydrogen-bond acceptors (Lipinski definition) is 7. The molecule has 40 heavy (non-hydrogen) atoms. The van der Waals surface area contributed by atoms with Crippen molar-refractivity contribution in [3.8, 4) is 21.7 Å². The molecule has 0 bridgehead atoms. The van der Waals surface area contributed by atoms with Crippen LogP contribution < -0.4 is 0 Å². The zero-order valence-corrected chi connectivity index (χ0v) is 24.9. The molecule has 0 N–H and O–H groups in total. The maximum Gasteiger partial charge on any atom is 0.417 e. The highest BCUT2D eigenvalue weighted by molar-refractivity contribution is 7.14. The van der Waals surface area contributed by atoms with Gasteiger partial charge in [0.1, 0.15) is 26.9 Å². The Kier molecular flexibility index (Phi) is 7.83. The first kappa shape index (κ1) is 30.0. The zero-order chi connectivity index (χ0) is 29.7. The van der Waals surface area contributed by atoms with Crippen molar-refractivity contribution < 1.29 is 27.4 Å². The number of carbonyl (C=O) groups is 1. The van der Waals surface area contributed by atoms with E-state index in [1.165, 1.54) is 17.2 Å². The van der Waals surface area contributed by atoms with E-state index < -0.39 is 34.7 Å². The van der Waals surface area contributed by atoms with E-state index in [9.17, 15) is 18.0 Å². The van der Waals surface area contributed by atoms with Crippen LogP contribution in [0, 0.1) is 5.92 Å². The van der Waals surface area contributed by atoms with Gasteiger partial charge in [-0.3, -0.25) is 9.58 Å². The second-order valence-corrected chi connectivity index (χ2v) is 13.1. The van der Waals surface area contributed by atoms with Crippen LogP contribution in [-0.2, 0) is 27.7 Å². The summed E-state index contributed by atoms with van der Waals surface area (Å²) in [6, 6.07) is 4.14. The summed E-state index contributed by atoms with van der Waals surface area (Å²) in [5, 5.41) is 13.5. The van der Waals surface area contributed by atoms with Crippen LogP contribution in [0.15, 0.2) is 30.6 Å². The summed E-state index contributed by atoms with van der Waals surface area (Å²) in [7, 11) is 0. The molecule has 8 nitrogen and oxygen atoms in total. The van der Waals surface area contributed by atoms with Gasteiger partial charge in [-0.1, -0.05) is 37.3 Å². The van der Waals surface area contributed by atoms with E-state index in [1.54, 1.807) is 58.5 Å². The third kappa shape index (κ3) is 6.17. The second kappa shape index (κ2) is 10.4. The maximum absolute atomic E-state index is 14.2. The van der Waals surface area contributed by atoms with Gasteiger partial charge in [0.05, 0.1) is 18.4 Å². The van der Waals surface area contributed by atoms with Gasteiger partial charge in [-0.2, -0.15) is 18.3 Å². The molecule has 0 saturated carbocycles. The van der Waals surface area contributed by atoms with Crippen molar-refractivity contribution in [3.05, 3.63) is 41.2 Å². The molecule has 4 rings (SSSR count). The highest BCUT2D eigenvalue weighted by Crippen LogP contribution is 2.45. The van der Waals surface area contributed by atoms with Gasteiger partial charge in [0.15, 0.2) is 0 Å². The summed E-state index contributed by atoms with van der Waals surface area (Å²) >= 11 is 1.12. The van der Waals surface area contributed by atoms with Gasteiger partial charge in [-0.15, -0.1) is 10.2 Å². The molecule has 1 saturated heterocycles. The fourth-order valence-electron chi connectivity index (χ4n) is 4.66. The topological polar surface area (TPSA) is 82.4 Å². The maximum atomic E-state index is 14.2. The molecule has 1 unspecified atom stereocenters. The number of ether oxygens (including phenoxy) is 2. The number of halogens is 3. The molecule has 2 aromatic heterocycles. The minimum absolute atomic E-state index is 0.0470. The summed E-state index contributed by atoms with van der Waals surface area (Å²) in [4.78, 5) is 14.7. The van der Waals surface area contributed by atoms with Crippen molar-refractivity contribution in [2.75, 3.05) is 6.61 Å². The van der Waals surface area contributed by atoms with Gasteiger partial charge < -0.3 is 9.47 Å². The van der Waals surface area contributed by atoms with Crippen LogP contribution in [0.5, 0.6) is 0 Å². The number of benzene rings is 1. The lowest BCUT2D eigenvalue weighted by Gasteiger charge is -2.39. The smallest absolute Gasteiger partial charge is 0.417 e. The summed E-state index contributed by atoms with van der Waals surface area (Å²) in [6.45, 7) is 15.5. The van der Waals surface area contributed by atoms with E-state index in [1.807, 2.05) is 0 Å². The number of carbonyl (C=O) groups excluding carboxylic acids is 1. The first-order chi connectivity index (χ1) is 18.4. The normalized spacial score (nSPS) is 19.4. The van der Waals surface area contributed by atoms with E-state index in [0.29, 0.717) is 28.0 Å². The van der Waals surface area contributed by atoms with Crippen LogP contribution in [-0.4, -0.2) is 48.9 Å². The standard InChI is InChI=1S/C28H36F3N5O3S/c1-17(2)11-12-35-15-19(14-32-35)20-10-9-18(13-21(20)28(29,30)31)22-33-34-23(40-22)27(8)16-38-26(6,7)36(27)24(37)39-25(3,4)5/h9-10,13-15,17H,11-12,16H2,1-8H3. The predicted octanol–water partition coefficient (Wildman–Crippen LogP) is 7.35. The molecule has 0 aliphatic carbocycles. The summed E-state index contributed by atoms with van der Waals surface area (Å²) in [6.07, 6.45) is -1.20. The van der Waals surface area contributed by atoms with Crippen molar-refractivity contribution in [1.29, 1.82) is 0 Å². The van der Waals surface area contributed by atoms with E-state index in [0.717, 1.165) is 23.8 Å². The van der Waals surface area contributed by atoms with Crippen molar-refractivity contribution in [2.24, 2.45) is 5.92 Å². The lowest BCUT2D eigenvalue weighted by Crippen LogP contribution is -2.54. The Bertz CT molecular complexity index is 1380. The van der Waals surface area contributed by atoms with Crippen molar-refractivity contribution in [1.82, 2.24) is 24.9 Å². The number of hydrogen-bond donors (Lipinski definition) is 0. The van der Waals surface area contributed by atoms with E-state index >= 15 is 0 Å². The molecule has 3 aromatic rings. The SMILES string of the molecule is CC(C)CCn1cc(-c2ccc(-c3nnc(C4(C)COC(C)(C)N4C(=O)OC(C)(C)C)s3)cc2C(F)(F)F)cn1. The van der Waals surface area contributed by atoms with Crippen LogP contribution in [0.1, 0.15) is 72.4 Å². The zero-order valence-electron chi connectivity index (χ0n) is 24.1. The van der Waals surface area contributed by atoms with Gasteiger partial charge >= 0.3 is 12.3 Å². The van der Waals surface area contributed by atoms with Gasteiger partial charge in [0.25, 0.3) is 0 Å². The average molecular weight is 580 g/mol. The molecule has 1 fully saturated rings. The second-order valence-electron chi connectivity index (χ2n) is 12.2. The lowest BCUT2D eigenvalue weighted by molar-refractivity contribution is -0.137. The number of aromatic nitrogens is 4. The van der Waals surface area contributed by atoms with Crippen molar-refractivity contribution >= 4 is 17.4 Å². The minimum atomic E-state index is -4.60. The van der Waals surface area contributed by atoms with E-state index in [4.69, 9.17) is 9.47 Å². The van der Waals surface area contributed by atoms with Gasteiger partial charge in [-0.05, 0) is 65.5 Å². The quantitative estimate of drug-likeness (QED) is 0.304. The highest BCUT2D eigenvalue weighted by Gasteiger charge is 2.55. The van der Waals surface area contributed by atoms with Gasteiger partial charge in [-0.25, -0.2) is 4.79 Å². The predicted molar refractivity (Wildman–Crippen MR) is 146 cm³/mol. The van der Waals surface area contributed by atoms with Crippen LogP contribution in [0.2, 0.25) is 0 Å². The monoisotopic (exact) mass is 579 g/mol. The van der Waals surface area contributed by atoms with Crippen LogP contribution >= 0.6 is 11.3 Å². The molecular formula is C28H36F3N5O3S. The summed E-state index contributed by atoms with van der Waals surface area (Å²) in [5.74, 6) is 0.454. The average Bonchev–Trinajstić information content (AvgIpc) is 3.54. The molecule has 1 aromatic carbocycles. The molecule has 3 heterocycles. The molecule has 1 aliphatic rings. The van der Waals surface area contributed by atoms with Crippen LogP contribution in [0.25, 0.3) is 21.7 Å². The number of rotatable bonds is 6. The Balaban J connectivity index is 1.68. The number of aryl methyl sites for hydroxylation is 1. The van der Waals surface area contributed by atoms with Gasteiger partial charge in [0, 0.05) is 23.9 Å². The molecular weight excluding hydrogens is 543 g/mol. The van der Waals surface area contributed by atoms with Crippen molar-refractivity contribution in [2.45, 2.75) is 91.4 Å². The minimum Gasteiger partial charge on any atom is -0.444 e. The third-order valence-electron chi connectivity index (χ3n) is 6.65. The number of nitrogens with zero attached hydrogens (tertiary/aromatic N) is 5. The third-order valence-corrected chi connectivity index (χ3v) is 7.88. The molecule has 1 atom stereocenters. The first-order valence-electron chi connectivity index (χ1n) is 13.2. The Labute approximate surface area is 236 Å². The Morgan fingerprint density at radius 2 is 1.85 bits per heavy atom. The lowest BCUT2D eigenvalue weighted by atomic mass is 9.99. The Morgan fingerprint density at radius 3 is 2.48 bits per heavy atom. The van der Waals surface area contributed by atoms with Crippen molar-refractivity contribution in [3.63, 3.8) is 0 Å². The fraction of sp³-hybridized carbons (Fsp3) is 0.571. The Morgan fingerprint density at radius 1 is 1.15 bits per heavy atom. The van der Waals surface area contributed by atoms with Crippen LogP contribution in [0.4, 0.5) is 18.0 Å². The van der Waals surface area contributed by atoms with Gasteiger partial charge in [0.2, 0.25) is 0 Å². The number of alkyl halides is 3.